The number of hydrogen-bond acceptors (Lipinski definition) is 0. The highest BCUT2D eigenvalue weighted by Gasteiger charge is 2.08. The zero-order chi connectivity index (χ0) is 9.72. The van der Waals surface area contributed by atoms with E-state index in [9.17, 15) is 17.6 Å². The van der Waals surface area contributed by atoms with E-state index in [0.717, 1.165) is 0 Å². The molecule has 70 valence electrons. The van der Waals surface area contributed by atoms with Crippen LogP contribution in [0.5, 0.6) is 0 Å². The number of hydrogen-bond donors (Lipinski definition) is 0. The van der Waals surface area contributed by atoms with Crippen LogP contribution in [0.1, 0.15) is 13.8 Å². The van der Waals surface area contributed by atoms with Gasteiger partial charge < -0.3 is 0 Å². The van der Waals surface area contributed by atoms with E-state index in [0.29, 0.717) is 0 Å². The normalized spacial score (nSPS) is 15.5. The Morgan fingerprint density at radius 1 is 0.833 bits per heavy atom. The lowest BCUT2D eigenvalue weighted by Crippen LogP contribution is -1.91. The van der Waals surface area contributed by atoms with Crippen LogP contribution in [-0.4, -0.2) is 13.3 Å². The largest absolute Gasteiger partial charge is 0.243 e. The summed E-state index contributed by atoms with van der Waals surface area (Å²) in [5.74, 6) is -2.12. The molecule has 0 spiro atoms. The summed E-state index contributed by atoms with van der Waals surface area (Å²) in [5, 5.41) is 0. The molecule has 0 heterocycles. The minimum Gasteiger partial charge on any atom is -0.243 e. The maximum atomic E-state index is 12.5. The van der Waals surface area contributed by atoms with Crippen molar-refractivity contribution in [2.45, 2.75) is 13.8 Å². The lowest BCUT2D eigenvalue weighted by atomic mass is 10.1. The van der Waals surface area contributed by atoms with Gasteiger partial charge in [0.2, 0.25) is 0 Å². The van der Waals surface area contributed by atoms with Gasteiger partial charge in [0.05, 0.1) is 0 Å². The summed E-state index contributed by atoms with van der Waals surface area (Å²) in [7, 11) is 0. The Balaban J connectivity index is 4.82. The maximum absolute atomic E-state index is 12.5. The van der Waals surface area contributed by atoms with Crippen molar-refractivity contribution in [2.24, 2.45) is 0 Å². The summed E-state index contributed by atoms with van der Waals surface area (Å²) in [5.41, 5.74) is -0.347. The van der Waals surface area contributed by atoms with Gasteiger partial charge in [-0.25, -0.2) is 17.6 Å². The van der Waals surface area contributed by atoms with Crippen LogP contribution in [0.15, 0.2) is 22.8 Å². The number of halogens is 4. The van der Waals surface area contributed by atoms with E-state index in [1.165, 1.54) is 13.8 Å². The molecule has 0 rings (SSSR count). The lowest BCUT2D eigenvalue weighted by molar-refractivity contribution is 0.445. The molecule has 0 saturated carbocycles. The van der Waals surface area contributed by atoms with Crippen molar-refractivity contribution in [3.8, 4) is 0 Å². The Morgan fingerprint density at radius 2 is 1.08 bits per heavy atom. The van der Waals surface area contributed by atoms with E-state index >= 15 is 0 Å². The van der Waals surface area contributed by atoms with Crippen LogP contribution < -0.4 is 0 Å². The Kier molecular flexibility index (Phi) is 4.62. The molecular formula is C8H10F4. The van der Waals surface area contributed by atoms with Crippen molar-refractivity contribution in [1.29, 1.82) is 0 Å². The molecular weight excluding hydrogens is 172 g/mol. The molecule has 0 atom stereocenters. The van der Waals surface area contributed by atoms with Crippen molar-refractivity contribution in [1.82, 2.24) is 0 Å². The monoisotopic (exact) mass is 182 g/mol. The van der Waals surface area contributed by atoms with Gasteiger partial charge in [-0.3, -0.25) is 0 Å². The van der Waals surface area contributed by atoms with Gasteiger partial charge in [-0.1, -0.05) is 0 Å². The van der Waals surface area contributed by atoms with Gasteiger partial charge in [-0.15, -0.1) is 0 Å². The molecule has 0 saturated heterocycles. The molecule has 0 bridgehead atoms. The highest BCUT2D eigenvalue weighted by atomic mass is 19.2. The fraction of sp³-hybridized carbons (Fsp3) is 0.500. The summed E-state index contributed by atoms with van der Waals surface area (Å²) in [6, 6.07) is 0. The van der Waals surface area contributed by atoms with Crippen molar-refractivity contribution in [3.63, 3.8) is 0 Å². The first kappa shape index (κ1) is 11.2. The van der Waals surface area contributed by atoms with Crippen LogP contribution in [0.4, 0.5) is 17.6 Å². The molecule has 0 N–H and O–H groups in total. The molecule has 0 amide bonds. The number of rotatable bonds is 3. The quantitative estimate of drug-likeness (QED) is 0.463. The SMILES string of the molecule is CC(=C(\F)CF)/C(C)=C(/F)CF. The molecule has 0 fully saturated rings. The van der Waals surface area contributed by atoms with Crippen molar-refractivity contribution < 1.29 is 17.6 Å². The van der Waals surface area contributed by atoms with E-state index in [4.69, 9.17) is 0 Å². The van der Waals surface area contributed by atoms with E-state index in [1.807, 2.05) is 0 Å². The van der Waals surface area contributed by atoms with Crippen LogP contribution in [0.25, 0.3) is 0 Å². The van der Waals surface area contributed by atoms with Crippen LogP contribution in [0.2, 0.25) is 0 Å². The Labute approximate surface area is 68.6 Å². The number of allylic oxidation sites excluding steroid dienone is 4. The molecule has 0 radical (unpaired) electrons. The van der Waals surface area contributed by atoms with E-state index in [1.54, 1.807) is 0 Å². The molecule has 0 aliphatic carbocycles. The van der Waals surface area contributed by atoms with Crippen LogP contribution in [-0.2, 0) is 0 Å². The lowest BCUT2D eigenvalue weighted by Gasteiger charge is -2.02. The predicted octanol–water partition coefficient (Wildman–Crippen LogP) is 3.41. The minimum atomic E-state index is -1.29. The molecule has 0 aliphatic heterocycles. The van der Waals surface area contributed by atoms with Gasteiger partial charge >= 0.3 is 0 Å². The van der Waals surface area contributed by atoms with Gasteiger partial charge in [-0.2, -0.15) is 0 Å². The standard InChI is InChI=1S/C8H10F4/c1-5(7(11)3-9)6(2)8(12)4-10/h3-4H2,1-2H3/b7-5+,8-6+. The molecule has 12 heavy (non-hydrogen) atoms. The number of alkyl halides is 2. The molecule has 0 aromatic heterocycles. The van der Waals surface area contributed by atoms with E-state index in [2.05, 4.69) is 0 Å². The second kappa shape index (κ2) is 4.95. The zero-order valence-electron chi connectivity index (χ0n) is 6.93. The molecule has 0 aromatic rings. The smallest absolute Gasteiger partial charge is 0.141 e. The molecule has 0 aliphatic rings. The summed E-state index contributed by atoms with van der Waals surface area (Å²) >= 11 is 0. The fourth-order valence-corrected chi connectivity index (χ4v) is 0.607. The van der Waals surface area contributed by atoms with Gasteiger partial charge in [-0.05, 0) is 25.0 Å². The Morgan fingerprint density at radius 3 is 1.25 bits per heavy atom. The van der Waals surface area contributed by atoms with Crippen molar-refractivity contribution in [3.05, 3.63) is 22.8 Å². The van der Waals surface area contributed by atoms with Crippen LogP contribution in [0, 0.1) is 0 Å². The van der Waals surface area contributed by atoms with Gasteiger partial charge in [0.1, 0.15) is 25.0 Å². The maximum Gasteiger partial charge on any atom is 0.141 e. The Hall–Kier alpha value is -0.800. The van der Waals surface area contributed by atoms with Gasteiger partial charge in [0.25, 0.3) is 0 Å². The van der Waals surface area contributed by atoms with E-state index < -0.39 is 25.0 Å². The van der Waals surface area contributed by atoms with Gasteiger partial charge in [0, 0.05) is 0 Å². The highest BCUT2D eigenvalue weighted by Crippen LogP contribution is 2.19. The molecule has 0 unspecified atom stereocenters. The minimum absolute atomic E-state index is 0.173. The predicted molar refractivity (Wildman–Crippen MR) is 39.6 cm³/mol. The highest BCUT2D eigenvalue weighted by molar-refractivity contribution is 5.32. The first-order valence-corrected chi connectivity index (χ1v) is 3.37. The topological polar surface area (TPSA) is 0 Å². The van der Waals surface area contributed by atoms with Crippen molar-refractivity contribution >= 4 is 0 Å². The third kappa shape index (κ3) is 2.68. The second-order valence-electron chi connectivity index (χ2n) is 2.33. The van der Waals surface area contributed by atoms with E-state index in [-0.39, 0.29) is 11.1 Å². The Bertz CT molecular complexity index is 191. The van der Waals surface area contributed by atoms with Gasteiger partial charge in [0.15, 0.2) is 0 Å². The molecule has 0 aromatic carbocycles. The summed E-state index contributed by atoms with van der Waals surface area (Å²) in [6.07, 6.45) is 0. The van der Waals surface area contributed by atoms with Crippen molar-refractivity contribution in [2.75, 3.05) is 13.3 Å². The summed E-state index contributed by atoms with van der Waals surface area (Å²) in [6.45, 7) is -0.162. The third-order valence-electron chi connectivity index (χ3n) is 1.61. The molecule has 4 heteroatoms. The molecule has 0 nitrogen and oxygen atoms in total. The van der Waals surface area contributed by atoms with Crippen LogP contribution in [0.3, 0.4) is 0 Å². The first-order chi connectivity index (χ1) is 5.54. The van der Waals surface area contributed by atoms with Crippen LogP contribution >= 0.6 is 0 Å². The second-order valence-corrected chi connectivity index (χ2v) is 2.33. The summed E-state index contributed by atoms with van der Waals surface area (Å²) in [4.78, 5) is 0. The average Bonchev–Trinajstić information content (AvgIpc) is 2.12. The zero-order valence-corrected chi connectivity index (χ0v) is 6.93. The average molecular weight is 182 g/mol. The summed E-state index contributed by atoms with van der Waals surface area (Å²) < 4.78 is 48.3. The third-order valence-corrected chi connectivity index (χ3v) is 1.61. The first-order valence-electron chi connectivity index (χ1n) is 3.37. The fourth-order valence-electron chi connectivity index (χ4n) is 0.607.